The van der Waals surface area contributed by atoms with Crippen LogP contribution in [0.25, 0.3) is 10.9 Å². The molecule has 0 unspecified atom stereocenters. The van der Waals surface area contributed by atoms with Crippen LogP contribution in [0.3, 0.4) is 0 Å². The maximum absolute atomic E-state index is 13.1. The van der Waals surface area contributed by atoms with Gasteiger partial charge in [0.25, 0.3) is 17.5 Å². The third-order valence-corrected chi connectivity index (χ3v) is 6.60. The number of carbonyl (C=O) groups excluding carboxylic acids is 1. The van der Waals surface area contributed by atoms with Crippen molar-refractivity contribution in [1.82, 2.24) is 19.3 Å². The van der Waals surface area contributed by atoms with E-state index in [2.05, 4.69) is 15.3 Å². The lowest BCUT2D eigenvalue weighted by Gasteiger charge is -2.27. The zero-order valence-corrected chi connectivity index (χ0v) is 21.3. The van der Waals surface area contributed by atoms with E-state index in [-0.39, 0.29) is 34.2 Å². The Hall–Kier alpha value is -3.18. The molecule has 3 aromatic rings. The van der Waals surface area contributed by atoms with Crippen molar-refractivity contribution in [3.05, 3.63) is 56.6 Å². The number of hydrogen-bond acceptors (Lipinski definition) is 8. The highest BCUT2D eigenvalue weighted by Gasteiger charge is 2.24. The summed E-state index contributed by atoms with van der Waals surface area (Å²) in [6.07, 6.45) is 3.86. The number of anilines is 1. The Morgan fingerprint density at radius 2 is 1.97 bits per heavy atom. The average molecular weight is 520 g/mol. The molecule has 0 bridgehead atoms. The van der Waals surface area contributed by atoms with Crippen LogP contribution in [0.4, 0.5) is 5.69 Å². The first-order chi connectivity index (χ1) is 16.4. The van der Waals surface area contributed by atoms with E-state index in [4.69, 9.17) is 16.3 Å². The predicted molar refractivity (Wildman–Crippen MR) is 134 cm³/mol. The number of pyridine rings is 1. The number of hydrogen-bond donors (Lipinski definition) is 2. The Morgan fingerprint density at radius 3 is 2.60 bits per heavy atom. The molecule has 1 aromatic carbocycles. The Morgan fingerprint density at radius 1 is 1.26 bits per heavy atom. The molecule has 186 valence electrons. The molecule has 2 aromatic heterocycles. The van der Waals surface area contributed by atoms with Gasteiger partial charge in [-0.1, -0.05) is 17.7 Å². The van der Waals surface area contributed by atoms with Gasteiger partial charge in [0.1, 0.15) is 11.3 Å². The molecule has 1 aliphatic rings. The lowest BCUT2D eigenvalue weighted by Crippen LogP contribution is -2.31. The molecule has 2 N–H and O–H groups in total. The summed E-state index contributed by atoms with van der Waals surface area (Å²) in [4.78, 5) is 34.4. The Balaban J connectivity index is 1.76. The van der Waals surface area contributed by atoms with Crippen LogP contribution in [-0.2, 0) is 17.1 Å². The fraction of sp³-hybridized carbons (Fsp3) is 0.391. The molecule has 4 rings (SSSR count). The van der Waals surface area contributed by atoms with E-state index in [1.165, 1.54) is 10.6 Å². The van der Waals surface area contributed by atoms with Crippen molar-refractivity contribution < 1.29 is 17.9 Å². The Labute approximate surface area is 207 Å². The van der Waals surface area contributed by atoms with Gasteiger partial charge in [-0.05, 0) is 56.9 Å². The molecule has 35 heavy (non-hydrogen) atoms. The molecule has 2 heterocycles. The molecular formula is C23H26ClN5O5S. The van der Waals surface area contributed by atoms with Crippen molar-refractivity contribution in [2.75, 3.05) is 11.6 Å². The normalized spacial score (nSPS) is 14.9. The van der Waals surface area contributed by atoms with Crippen molar-refractivity contribution in [2.45, 2.75) is 45.3 Å². The van der Waals surface area contributed by atoms with Crippen LogP contribution >= 0.6 is 11.6 Å². The second kappa shape index (κ2) is 9.46. The number of amides is 1. The van der Waals surface area contributed by atoms with E-state index in [0.29, 0.717) is 16.5 Å². The van der Waals surface area contributed by atoms with Crippen molar-refractivity contribution in [3.63, 3.8) is 0 Å². The van der Waals surface area contributed by atoms with Gasteiger partial charge >= 0.3 is 0 Å². The van der Waals surface area contributed by atoms with Gasteiger partial charge in [0.05, 0.1) is 28.9 Å². The maximum atomic E-state index is 13.1. The molecule has 0 radical (unpaired) electrons. The average Bonchev–Trinajstić information content (AvgIpc) is 2.73. The number of halogens is 1. The van der Waals surface area contributed by atoms with Gasteiger partial charge in [-0.15, -0.1) is 0 Å². The van der Waals surface area contributed by atoms with Crippen LogP contribution in [0, 0.1) is 6.92 Å². The number of nitrogens with one attached hydrogen (secondary N) is 2. The highest BCUT2D eigenvalue weighted by molar-refractivity contribution is 7.89. The standard InChI is InChI=1S/C23H26ClN5O5S/c1-12-10-15(19-16(11-12)22(31)29(3)23(27-19)34-14-6-5-7-14)13(2)25-17-8-9-18(24)26-20(17)21(30)28-35(4,32)33/h8-11,13-14,25H,5-7H2,1-4H3,(H,28,30)/t13-/m1/s1. The summed E-state index contributed by atoms with van der Waals surface area (Å²) >= 11 is 5.96. The molecular weight excluding hydrogens is 494 g/mol. The first-order valence-corrected chi connectivity index (χ1v) is 13.3. The van der Waals surface area contributed by atoms with Gasteiger partial charge in [0.15, 0.2) is 5.69 Å². The van der Waals surface area contributed by atoms with E-state index in [1.807, 2.05) is 24.6 Å². The molecule has 10 nitrogen and oxygen atoms in total. The summed E-state index contributed by atoms with van der Waals surface area (Å²) in [7, 11) is -2.17. The number of aromatic nitrogens is 3. The second-order valence-electron chi connectivity index (χ2n) is 8.78. The largest absolute Gasteiger partial charge is 0.461 e. The summed E-state index contributed by atoms with van der Waals surface area (Å²) in [6, 6.07) is 6.52. The molecule has 0 aliphatic heterocycles. The van der Waals surface area contributed by atoms with E-state index < -0.39 is 22.0 Å². The number of ether oxygens (including phenoxy) is 1. The fourth-order valence-electron chi connectivity index (χ4n) is 3.86. The van der Waals surface area contributed by atoms with Crippen LogP contribution in [0.5, 0.6) is 6.01 Å². The van der Waals surface area contributed by atoms with Crippen LogP contribution in [0.1, 0.15) is 53.8 Å². The van der Waals surface area contributed by atoms with Crippen molar-refractivity contribution in [2.24, 2.45) is 7.05 Å². The number of sulfonamides is 1. The predicted octanol–water partition coefficient (Wildman–Crippen LogP) is 3.08. The van der Waals surface area contributed by atoms with Crippen LogP contribution < -0.4 is 20.3 Å². The van der Waals surface area contributed by atoms with Gasteiger partial charge in [-0.25, -0.2) is 18.1 Å². The van der Waals surface area contributed by atoms with Gasteiger partial charge in [-0.2, -0.15) is 4.98 Å². The summed E-state index contributed by atoms with van der Waals surface area (Å²) in [5.74, 6) is -0.915. The minimum absolute atomic E-state index is 0.0332. The number of rotatable bonds is 7. The number of fused-ring (bicyclic) bond motifs is 1. The molecule has 0 spiro atoms. The zero-order valence-electron chi connectivity index (χ0n) is 19.8. The first-order valence-electron chi connectivity index (χ1n) is 11.1. The monoisotopic (exact) mass is 519 g/mol. The third-order valence-electron chi connectivity index (χ3n) is 5.83. The van der Waals surface area contributed by atoms with E-state index in [1.54, 1.807) is 19.2 Å². The smallest absolute Gasteiger partial charge is 0.299 e. The fourth-order valence-corrected chi connectivity index (χ4v) is 4.44. The highest BCUT2D eigenvalue weighted by Crippen LogP contribution is 2.30. The molecule has 1 atom stereocenters. The topological polar surface area (TPSA) is 132 Å². The molecule has 12 heteroatoms. The summed E-state index contributed by atoms with van der Waals surface area (Å²) < 4.78 is 32.4. The summed E-state index contributed by atoms with van der Waals surface area (Å²) in [5.41, 5.74) is 1.93. The quantitative estimate of drug-likeness (QED) is 0.455. The van der Waals surface area contributed by atoms with Crippen LogP contribution in [0.15, 0.2) is 29.1 Å². The van der Waals surface area contributed by atoms with Crippen molar-refractivity contribution in [1.29, 1.82) is 0 Å². The molecule has 1 saturated carbocycles. The second-order valence-corrected chi connectivity index (χ2v) is 10.9. The lowest BCUT2D eigenvalue weighted by molar-refractivity contribution is 0.0977. The third kappa shape index (κ3) is 5.40. The first kappa shape index (κ1) is 24.9. The minimum Gasteiger partial charge on any atom is -0.461 e. The van der Waals surface area contributed by atoms with Gasteiger partial charge in [-0.3, -0.25) is 14.2 Å². The van der Waals surface area contributed by atoms with Gasteiger partial charge in [0.2, 0.25) is 10.0 Å². The summed E-state index contributed by atoms with van der Waals surface area (Å²) in [5, 5.41) is 3.67. The molecule has 1 amide bonds. The van der Waals surface area contributed by atoms with E-state index in [9.17, 15) is 18.0 Å². The van der Waals surface area contributed by atoms with E-state index >= 15 is 0 Å². The Bertz CT molecular complexity index is 1480. The van der Waals surface area contributed by atoms with Crippen LogP contribution in [0.2, 0.25) is 5.15 Å². The van der Waals surface area contributed by atoms with E-state index in [0.717, 1.165) is 31.1 Å². The van der Waals surface area contributed by atoms with Crippen molar-refractivity contribution >= 4 is 44.1 Å². The minimum atomic E-state index is -3.81. The zero-order chi connectivity index (χ0) is 25.5. The summed E-state index contributed by atoms with van der Waals surface area (Å²) in [6.45, 7) is 3.72. The van der Waals surface area contributed by atoms with Gasteiger partial charge in [0, 0.05) is 12.6 Å². The number of nitrogens with zero attached hydrogens (tertiary/aromatic N) is 3. The van der Waals surface area contributed by atoms with Crippen molar-refractivity contribution in [3.8, 4) is 6.01 Å². The highest BCUT2D eigenvalue weighted by atomic mass is 35.5. The number of carbonyl (C=O) groups is 1. The number of benzene rings is 1. The lowest BCUT2D eigenvalue weighted by atomic mass is 9.96. The number of aryl methyl sites for hydroxylation is 1. The molecule has 0 saturated heterocycles. The SMILES string of the molecule is Cc1cc([C@@H](C)Nc2ccc(Cl)nc2C(=O)NS(C)(=O)=O)c2nc(OC3CCC3)n(C)c(=O)c2c1. The van der Waals surface area contributed by atoms with Crippen LogP contribution in [-0.4, -0.2) is 41.2 Å². The molecule has 1 fully saturated rings. The maximum Gasteiger partial charge on any atom is 0.299 e. The molecule has 1 aliphatic carbocycles. The van der Waals surface area contributed by atoms with Gasteiger partial charge < -0.3 is 10.1 Å². The Kier molecular flexibility index (Phi) is 6.74.